The Morgan fingerprint density at radius 3 is 2.00 bits per heavy atom. The number of nitrogens with zero attached hydrogens (tertiary/aromatic N) is 1. The third-order valence-corrected chi connectivity index (χ3v) is 0.883. The fourth-order valence-corrected chi connectivity index (χ4v) is 0.701. The monoisotopic (exact) mass is 136 g/mol. The smallest absolute Gasteiger partial charge is 0.249 e. The number of hydrogen-bond acceptors (Lipinski definition) is 3. The third-order valence-electron chi connectivity index (χ3n) is 0.294. The largest absolute Gasteiger partial charge is 0.861 e. The molecule has 0 spiro atoms. The molecule has 0 rings (SSSR count). The molecule has 0 amide bonds. The summed E-state index contributed by atoms with van der Waals surface area (Å²) in [5, 5.41) is 9.91. The van der Waals surface area contributed by atoms with Gasteiger partial charge in [0.25, 0.3) is 0 Å². The molecule has 8 heavy (non-hydrogen) atoms. The highest BCUT2D eigenvalue weighted by atomic mass is 32.2. The van der Waals surface area contributed by atoms with E-state index in [0.717, 1.165) is 13.2 Å². The molecule has 0 aromatic heterocycles. The molecule has 0 N–H and O–H groups in total. The minimum Gasteiger partial charge on any atom is -0.861 e. The Hall–Kier alpha value is -0.580. The lowest BCUT2D eigenvalue weighted by Gasteiger charge is -1.97. The Morgan fingerprint density at radius 1 is 1.62 bits per heavy atom. The number of sulfonamides is 1. The first kappa shape index (κ1) is 7.42. The lowest BCUT2D eigenvalue weighted by Crippen LogP contribution is -2.13. The van der Waals surface area contributed by atoms with Gasteiger partial charge in [0.05, 0.1) is 6.26 Å². The molecule has 0 aliphatic rings. The second-order valence-electron chi connectivity index (χ2n) is 1.34. The highest BCUT2D eigenvalue weighted by Gasteiger charge is 1.90. The van der Waals surface area contributed by atoms with Gasteiger partial charge in [0.2, 0.25) is 10.0 Å². The molecule has 0 radical (unpaired) electrons. The van der Waals surface area contributed by atoms with Crippen molar-refractivity contribution in [2.45, 2.75) is 6.92 Å². The molecular weight excluding hydrogens is 130 g/mol. The van der Waals surface area contributed by atoms with Gasteiger partial charge in [-0.3, -0.25) is 0 Å². The maximum Gasteiger partial charge on any atom is 0.249 e. The second-order valence-corrected chi connectivity index (χ2v) is 2.99. The Bertz CT molecular complexity index is 187. The van der Waals surface area contributed by atoms with Crippen molar-refractivity contribution in [1.29, 1.82) is 0 Å². The average Bonchev–Trinajstić information content (AvgIpc) is 1.21. The number of hydrogen-bond donors (Lipinski definition) is 0. The Kier molecular flexibility index (Phi) is 1.97. The SMILES string of the molecule is CC([O-])=NS(C)(=O)=O. The lowest BCUT2D eigenvalue weighted by atomic mass is 10.8. The van der Waals surface area contributed by atoms with E-state index in [-0.39, 0.29) is 0 Å². The molecule has 0 heterocycles. The first-order valence-corrected chi connectivity index (χ1v) is 3.70. The van der Waals surface area contributed by atoms with Gasteiger partial charge in [0, 0.05) is 0 Å². The minimum atomic E-state index is -3.45. The van der Waals surface area contributed by atoms with E-state index in [9.17, 15) is 13.5 Å². The van der Waals surface area contributed by atoms with Crippen LogP contribution in [0.2, 0.25) is 0 Å². The van der Waals surface area contributed by atoms with Crippen molar-refractivity contribution in [2.75, 3.05) is 6.26 Å². The van der Waals surface area contributed by atoms with Crippen molar-refractivity contribution in [3.8, 4) is 0 Å². The van der Waals surface area contributed by atoms with E-state index in [1.54, 1.807) is 0 Å². The molecule has 0 aliphatic carbocycles. The highest BCUT2D eigenvalue weighted by Crippen LogP contribution is 1.81. The predicted molar refractivity (Wildman–Crippen MR) is 28.0 cm³/mol. The summed E-state index contributed by atoms with van der Waals surface area (Å²) in [5.74, 6) is -0.687. The zero-order chi connectivity index (χ0) is 6.78. The highest BCUT2D eigenvalue weighted by molar-refractivity contribution is 7.89. The van der Waals surface area contributed by atoms with E-state index in [0.29, 0.717) is 0 Å². The van der Waals surface area contributed by atoms with Crippen LogP contribution in [0.25, 0.3) is 0 Å². The van der Waals surface area contributed by atoms with Crippen LogP contribution in [0.1, 0.15) is 6.92 Å². The van der Waals surface area contributed by atoms with Crippen LogP contribution in [0.4, 0.5) is 0 Å². The lowest BCUT2D eigenvalue weighted by molar-refractivity contribution is -0.215. The van der Waals surface area contributed by atoms with E-state index in [1.807, 2.05) is 0 Å². The van der Waals surface area contributed by atoms with Crippen LogP contribution < -0.4 is 5.11 Å². The molecule has 0 aliphatic heterocycles. The standard InChI is InChI=1S/C3H7NO3S/c1-3(5)4-8(2,6)7/h1-2H3,(H,4,5)/p-1. The zero-order valence-corrected chi connectivity index (χ0v) is 5.40. The second kappa shape index (κ2) is 2.13. The fourth-order valence-electron chi connectivity index (χ4n) is 0.234. The summed E-state index contributed by atoms with van der Waals surface area (Å²) in [5.41, 5.74) is 0. The fraction of sp³-hybridized carbons (Fsp3) is 0.667. The molecule has 0 saturated carbocycles. The van der Waals surface area contributed by atoms with Crippen molar-refractivity contribution in [2.24, 2.45) is 4.40 Å². The average molecular weight is 136 g/mol. The normalized spacial score (nSPS) is 14.0. The van der Waals surface area contributed by atoms with Crippen molar-refractivity contribution >= 4 is 15.9 Å². The van der Waals surface area contributed by atoms with Crippen LogP contribution in [0.3, 0.4) is 0 Å². The molecule has 0 saturated heterocycles. The van der Waals surface area contributed by atoms with E-state index in [4.69, 9.17) is 0 Å². The molecule has 5 heteroatoms. The van der Waals surface area contributed by atoms with Crippen LogP contribution in [-0.2, 0) is 10.0 Å². The topological polar surface area (TPSA) is 69.6 Å². The van der Waals surface area contributed by atoms with Crippen molar-refractivity contribution in [3.63, 3.8) is 0 Å². The number of rotatable bonds is 1. The Labute approximate surface area is 47.9 Å². The van der Waals surface area contributed by atoms with Crippen LogP contribution >= 0.6 is 0 Å². The van der Waals surface area contributed by atoms with E-state index in [2.05, 4.69) is 4.40 Å². The van der Waals surface area contributed by atoms with Crippen LogP contribution in [0.15, 0.2) is 4.40 Å². The summed E-state index contributed by atoms with van der Waals surface area (Å²) in [6, 6.07) is 0. The summed E-state index contributed by atoms with van der Waals surface area (Å²) >= 11 is 0. The van der Waals surface area contributed by atoms with Gasteiger partial charge in [-0.2, -0.15) is 4.40 Å². The molecule has 0 aromatic rings. The third kappa shape index (κ3) is 5.42. The zero-order valence-electron chi connectivity index (χ0n) is 4.58. The molecular formula is C3H6NO3S-. The van der Waals surface area contributed by atoms with Gasteiger partial charge in [-0.1, -0.05) is 0 Å². The summed E-state index contributed by atoms with van der Waals surface area (Å²) in [7, 11) is -3.45. The van der Waals surface area contributed by atoms with Crippen molar-refractivity contribution < 1.29 is 13.5 Å². The molecule has 48 valence electrons. The summed E-state index contributed by atoms with van der Waals surface area (Å²) in [6.07, 6.45) is 0.869. The molecule has 4 nitrogen and oxygen atoms in total. The van der Waals surface area contributed by atoms with E-state index >= 15 is 0 Å². The van der Waals surface area contributed by atoms with E-state index < -0.39 is 15.9 Å². The van der Waals surface area contributed by atoms with Gasteiger partial charge in [0.1, 0.15) is 0 Å². The molecule has 0 unspecified atom stereocenters. The minimum absolute atomic E-state index is 0.687. The Morgan fingerprint density at radius 2 is 2.00 bits per heavy atom. The van der Waals surface area contributed by atoms with Crippen LogP contribution in [0.5, 0.6) is 0 Å². The van der Waals surface area contributed by atoms with E-state index in [1.165, 1.54) is 0 Å². The van der Waals surface area contributed by atoms with Gasteiger partial charge in [-0.15, -0.1) is 0 Å². The van der Waals surface area contributed by atoms with Gasteiger partial charge < -0.3 is 5.11 Å². The summed E-state index contributed by atoms with van der Waals surface area (Å²) in [4.78, 5) is 0. The molecule has 0 fully saturated rings. The quantitative estimate of drug-likeness (QED) is 0.333. The Balaban J connectivity index is 4.36. The molecule has 0 bridgehead atoms. The van der Waals surface area contributed by atoms with Crippen LogP contribution in [-0.4, -0.2) is 20.6 Å². The van der Waals surface area contributed by atoms with Gasteiger partial charge >= 0.3 is 0 Å². The predicted octanol–water partition coefficient (Wildman–Crippen LogP) is -1.28. The summed E-state index contributed by atoms with van der Waals surface area (Å²) in [6.45, 7) is 1.08. The first-order valence-electron chi connectivity index (χ1n) is 1.85. The summed E-state index contributed by atoms with van der Waals surface area (Å²) < 4.78 is 22.9. The first-order chi connectivity index (χ1) is 3.42. The molecule has 0 atom stereocenters. The molecule has 0 aromatic carbocycles. The van der Waals surface area contributed by atoms with Crippen molar-refractivity contribution in [3.05, 3.63) is 0 Å². The maximum absolute atomic E-state index is 10.1. The van der Waals surface area contributed by atoms with Crippen molar-refractivity contribution in [1.82, 2.24) is 0 Å². The van der Waals surface area contributed by atoms with Crippen LogP contribution in [0, 0.1) is 0 Å². The van der Waals surface area contributed by atoms with Gasteiger partial charge in [-0.05, 0) is 12.8 Å². The maximum atomic E-state index is 10.1. The van der Waals surface area contributed by atoms with Gasteiger partial charge in [0.15, 0.2) is 0 Å². The van der Waals surface area contributed by atoms with Gasteiger partial charge in [-0.25, -0.2) is 8.42 Å².